The van der Waals surface area contributed by atoms with Crippen molar-refractivity contribution in [3.05, 3.63) is 52.0 Å². The van der Waals surface area contributed by atoms with Crippen molar-refractivity contribution in [2.24, 2.45) is 0 Å². The predicted octanol–water partition coefficient (Wildman–Crippen LogP) is 4.82. The molecule has 1 aromatic heterocycles. The van der Waals surface area contributed by atoms with Crippen LogP contribution in [0.25, 0.3) is 11.4 Å². The maximum Gasteiger partial charge on any atom is 0.234 e. The van der Waals surface area contributed by atoms with Gasteiger partial charge in [0.05, 0.1) is 22.0 Å². The first kappa shape index (κ1) is 19.7. The Morgan fingerprint density at radius 1 is 1.30 bits per heavy atom. The number of nitrogens with zero attached hydrogens (tertiary/aromatic N) is 3. The number of thioether (sulfide) groups is 1. The van der Waals surface area contributed by atoms with Gasteiger partial charge in [-0.05, 0) is 37.3 Å². The minimum atomic E-state index is -0.189. The highest BCUT2D eigenvalue weighted by atomic mass is 79.9. The molecule has 0 aliphatic rings. The molecule has 0 aliphatic heterocycles. The molecule has 1 heterocycles. The first-order valence-corrected chi connectivity index (χ1v) is 10.2. The molecule has 27 heavy (non-hydrogen) atoms. The molecule has 0 saturated heterocycles. The third kappa shape index (κ3) is 4.63. The van der Waals surface area contributed by atoms with Gasteiger partial charge in [-0.25, -0.2) is 0 Å². The summed E-state index contributed by atoms with van der Waals surface area (Å²) in [4.78, 5) is 12.2. The smallest absolute Gasteiger partial charge is 0.234 e. The van der Waals surface area contributed by atoms with Crippen molar-refractivity contribution in [3.8, 4) is 17.1 Å². The maximum atomic E-state index is 12.2. The van der Waals surface area contributed by atoms with E-state index in [-0.39, 0.29) is 17.4 Å². The van der Waals surface area contributed by atoms with E-state index in [2.05, 4.69) is 31.4 Å². The topological polar surface area (TPSA) is 80.0 Å². The number of hydrogen-bond acceptors (Lipinski definition) is 5. The lowest BCUT2D eigenvalue weighted by Crippen LogP contribution is -2.15. The van der Waals surface area contributed by atoms with Crippen LogP contribution in [-0.4, -0.2) is 31.5 Å². The third-order valence-electron chi connectivity index (χ3n) is 3.71. The average molecular weight is 468 g/mol. The summed E-state index contributed by atoms with van der Waals surface area (Å²) in [6.45, 7) is 2.55. The number of halogens is 2. The second kappa shape index (κ2) is 8.77. The molecule has 2 N–H and O–H groups in total. The van der Waals surface area contributed by atoms with Gasteiger partial charge in [0.1, 0.15) is 5.75 Å². The Labute approximate surface area is 174 Å². The van der Waals surface area contributed by atoms with E-state index >= 15 is 0 Å². The molecular weight excluding hydrogens is 452 g/mol. The van der Waals surface area contributed by atoms with Crippen molar-refractivity contribution >= 4 is 50.9 Å². The van der Waals surface area contributed by atoms with E-state index in [1.165, 1.54) is 11.8 Å². The molecule has 3 aromatic rings. The van der Waals surface area contributed by atoms with Gasteiger partial charge in [-0.2, -0.15) is 0 Å². The van der Waals surface area contributed by atoms with Crippen LogP contribution >= 0.6 is 39.3 Å². The van der Waals surface area contributed by atoms with Gasteiger partial charge in [0, 0.05) is 11.0 Å². The number of para-hydroxylation sites is 1. The highest BCUT2D eigenvalue weighted by Crippen LogP contribution is 2.32. The van der Waals surface area contributed by atoms with E-state index in [4.69, 9.17) is 11.6 Å². The summed E-state index contributed by atoms with van der Waals surface area (Å²) >= 11 is 10.7. The molecule has 2 aromatic carbocycles. The number of nitrogens with one attached hydrogen (secondary N) is 1. The first-order valence-electron chi connectivity index (χ1n) is 8.09. The quantitative estimate of drug-likeness (QED) is 0.508. The third-order valence-corrected chi connectivity index (χ3v) is 5.50. The lowest BCUT2D eigenvalue weighted by Gasteiger charge is -2.09. The lowest BCUT2D eigenvalue weighted by atomic mass is 10.2. The SMILES string of the molecule is CCn1c(SCC(=O)Nc2ccccc2Cl)nnc1-c1cc(Br)ccc1O. The first-order chi connectivity index (χ1) is 13.0. The van der Waals surface area contributed by atoms with E-state index in [0.29, 0.717) is 33.8 Å². The molecule has 140 valence electrons. The van der Waals surface area contributed by atoms with Crippen LogP contribution in [0, 0.1) is 0 Å². The van der Waals surface area contributed by atoms with Crippen LogP contribution in [0.3, 0.4) is 0 Å². The monoisotopic (exact) mass is 466 g/mol. The Hall–Kier alpha value is -2.03. The molecule has 0 saturated carbocycles. The van der Waals surface area contributed by atoms with Crippen LogP contribution in [-0.2, 0) is 11.3 Å². The summed E-state index contributed by atoms with van der Waals surface area (Å²) in [6.07, 6.45) is 0. The summed E-state index contributed by atoms with van der Waals surface area (Å²) in [5.41, 5.74) is 1.15. The average Bonchev–Trinajstić information content (AvgIpc) is 3.06. The van der Waals surface area contributed by atoms with Crippen LogP contribution < -0.4 is 5.32 Å². The van der Waals surface area contributed by atoms with E-state index < -0.39 is 0 Å². The number of phenolic OH excluding ortho intramolecular Hbond substituents is 1. The highest BCUT2D eigenvalue weighted by molar-refractivity contribution is 9.10. The van der Waals surface area contributed by atoms with Gasteiger partial charge >= 0.3 is 0 Å². The Bertz CT molecular complexity index is 980. The van der Waals surface area contributed by atoms with E-state index in [9.17, 15) is 9.90 Å². The Kier molecular flexibility index (Phi) is 6.41. The summed E-state index contributed by atoms with van der Waals surface area (Å²) in [5.74, 6) is 0.637. The Morgan fingerprint density at radius 3 is 2.81 bits per heavy atom. The van der Waals surface area contributed by atoms with Gasteiger partial charge in [-0.3, -0.25) is 4.79 Å². The number of phenols is 1. The van der Waals surface area contributed by atoms with Crippen LogP contribution in [0.15, 0.2) is 52.1 Å². The predicted molar refractivity (Wildman–Crippen MR) is 111 cm³/mol. The van der Waals surface area contributed by atoms with Crippen LogP contribution in [0.2, 0.25) is 5.02 Å². The van der Waals surface area contributed by atoms with Gasteiger partial charge in [0.15, 0.2) is 11.0 Å². The number of rotatable bonds is 6. The van der Waals surface area contributed by atoms with Gasteiger partial charge in [-0.1, -0.05) is 51.4 Å². The largest absolute Gasteiger partial charge is 0.507 e. The number of anilines is 1. The molecule has 0 bridgehead atoms. The van der Waals surface area contributed by atoms with Gasteiger partial charge in [-0.15, -0.1) is 10.2 Å². The van der Waals surface area contributed by atoms with E-state index in [0.717, 1.165) is 4.47 Å². The van der Waals surface area contributed by atoms with Gasteiger partial charge in [0.25, 0.3) is 0 Å². The standard InChI is InChI=1S/C18H16BrClN4O2S/c1-2-24-17(12-9-11(19)7-8-15(12)25)22-23-18(24)27-10-16(26)21-14-6-4-3-5-13(14)20/h3-9,25H,2,10H2,1H3,(H,21,26). The van der Waals surface area contributed by atoms with Gasteiger partial charge < -0.3 is 15.0 Å². The Balaban J connectivity index is 1.74. The molecule has 0 spiro atoms. The number of benzene rings is 2. The fourth-order valence-electron chi connectivity index (χ4n) is 2.45. The second-order valence-corrected chi connectivity index (χ2v) is 7.79. The minimum Gasteiger partial charge on any atom is -0.507 e. The number of carbonyl (C=O) groups excluding carboxylic acids is 1. The van der Waals surface area contributed by atoms with Crippen LogP contribution in [0.5, 0.6) is 5.75 Å². The molecule has 3 rings (SSSR count). The van der Waals surface area contributed by atoms with Crippen molar-refractivity contribution in [2.45, 2.75) is 18.6 Å². The molecule has 0 aliphatic carbocycles. The fraction of sp³-hybridized carbons (Fsp3) is 0.167. The van der Waals surface area contributed by atoms with E-state index in [1.54, 1.807) is 42.5 Å². The summed E-state index contributed by atoms with van der Waals surface area (Å²) in [5, 5.41) is 22.4. The molecule has 0 radical (unpaired) electrons. The molecule has 0 atom stereocenters. The van der Waals surface area contributed by atoms with Crippen molar-refractivity contribution < 1.29 is 9.90 Å². The number of carbonyl (C=O) groups is 1. The zero-order chi connectivity index (χ0) is 19.4. The fourth-order valence-corrected chi connectivity index (χ4v) is 3.79. The van der Waals surface area contributed by atoms with Crippen molar-refractivity contribution in [2.75, 3.05) is 11.1 Å². The lowest BCUT2D eigenvalue weighted by molar-refractivity contribution is -0.113. The van der Waals surface area contributed by atoms with Crippen molar-refractivity contribution in [1.82, 2.24) is 14.8 Å². The number of amides is 1. The van der Waals surface area contributed by atoms with Crippen molar-refractivity contribution in [3.63, 3.8) is 0 Å². The van der Waals surface area contributed by atoms with Gasteiger partial charge in [0.2, 0.25) is 5.91 Å². The summed E-state index contributed by atoms with van der Waals surface area (Å²) in [6, 6.07) is 12.2. The zero-order valence-corrected chi connectivity index (χ0v) is 17.5. The second-order valence-electron chi connectivity index (χ2n) is 5.53. The number of hydrogen-bond donors (Lipinski definition) is 2. The normalized spacial score (nSPS) is 10.8. The Morgan fingerprint density at radius 2 is 2.07 bits per heavy atom. The molecular formula is C18H16BrClN4O2S. The molecule has 9 heteroatoms. The molecule has 1 amide bonds. The van der Waals surface area contributed by atoms with Crippen LogP contribution in [0.4, 0.5) is 5.69 Å². The number of aromatic hydroxyl groups is 1. The summed E-state index contributed by atoms with van der Waals surface area (Å²) in [7, 11) is 0. The van der Waals surface area contributed by atoms with E-state index in [1.807, 2.05) is 11.5 Å². The van der Waals surface area contributed by atoms with Crippen LogP contribution in [0.1, 0.15) is 6.92 Å². The number of aromatic nitrogens is 3. The molecule has 6 nitrogen and oxygen atoms in total. The summed E-state index contributed by atoms with van der Waals surface area (Å²) < 4.78 is 2.68. The minimum absolute atomic E-state index is 0.119. The zero-order valence-electron chi connectivity index (χ0n) is 14.3. The highest BCUT2D eigenvalue weighted by Gasteiger charge is 2.17. The maximum absolute atomic E-state index is 12.2. The van der Waals surface area contributed by atoms with Crippen molar-refractivity contribution in [1.29, 1.82) is 0 Å². The molecule has 0 fully saturated rings. The molecule has 0 unspecified atom stereocenters.